The Balaban J connectivity index is 1.57. The summed E-state index contributed by atoms with van der Waals surface area (Å²) in [5.41, 5.74) is 4.64. The third-order valence-electron chi connectivity index (χ3n) is 5.76. The van der Waals surface area contributed by atoms with Crippen LogP contribution in [0.15, 0.2) is 82.8 Å². The maximum atomic E-state index is 5.30. The number of hydrogen-bond donors (Lipinski definition) is 0. The molecule has 2 heterocycles. The van der Waals surface area contributed by atoms with Crippen molar-refractivity contribution in [3.63, 3.8) is 0 Å². The van der Waals surface area contributed by atoms with E-state index in [1.165, 1.54) is 36.1 Å². The molecule has 1 fully saturated rings. The van der Waals surface area contributed by atoms with Crippen LogP contribution >= 0.6 is 0 Å². The van der Waals surface area contributed by atoms with Crippen molar-refractivity contribution < 1.29 is 9.33 Å². The molecule has 2 aromatic carbocycles. The molecule has 0 aromatic heterocycles. The van der Waals surface area contributed by atoms with Crippen LogP contribution in [0, 0.1) is 0 Å². The number of hydrogen-bond acceptors (Lipinski definition) is 4. The molecule has 0 N–H and O–H groups in total. The molecular weight excluding hydrogens is 348 g/mol. The van der Waals surface area contributed by atoms with Crippen LogP contribution in [0.5, 0.6) is 5.75 Å². The minimum absolute atomic E-state index is 0.482. The van der Waals surface area contributed by atoms with E-state index in [9.17, 15) is 0 Å². The highest BCUT2D eigenvalue weighted by atomic mass is 16.5. The van der Waals surface area contributed by atoms with E-state index >= 15 is 0 Å². The number of fused-ring (bicyclic) bond motifs is 1. The van der Waals surface area contributed by atoms with Gasteiger partial charge in [-0.3, -0.25) is 4.99 Å². The van der Waals surface area contributed by atoms with E-state index in [4.69, 9.17) is 4.74 Å². The van der Waals surface area contributed by atoms with Gasteiger partial charge in [0.1, 0.15) is 5.75 Å². The van der Waals surface area contributed by atoms with Crippen LogP contribution in [-0.2, 0) is 0 Å². The summed E-state index contributed by atoms with van der Waals surface area (Å²) in [6.07, 6.45) is 13.5. The monoisotopic (exact) mass is 371 g/mol. The van der Waals surface area contributed by atoms with E-state index in [-0.39, 0.29) is 0 Å². The zero-order valence-corrected chi connectivity index (χ0v) is 15.9. The van der Waals surface area contributed by atoms with Crippen LogP contribution in [0.3, 0.4) is 0 Å². The lowest BCUT2D eigenvalue weighted by Crippen LogP contribution is -2.61. The minimum atomic E-state index is 0.482. The minimum Gasteiger partial charge on any atom is -0.497 e. The number of nitrogens with zero attached hydrogens (tertiary/aromatic N) is 4. The van der Waals surface area contributed by atoms with Crippen molar-refractivity contribution in [3.8, 4) is 16.9 Å². The third kappa shape index (κ3) is 2.67. The zero-order valence-electron chi connectivity index (χ0n) is 15.9. The Morgan fingerprint density at radius 1 is 1.04 bits per heavy atom. The van der Waals surface area contributed by atoms with Gasteiger partial charge in [-0.2, -0.15) is 0 Å². The molecule has 0 saturated heterocycles. The Labute approximate surface area is 165 Å². The van der Waals surface area contributed by atoms with Gasteiger partial charge in [0.25, 0.3) is 0 Å². The van der Waals surface area contributed by atoms with E-state index < -0.39 is 0 Å². The number of allylic oxidation sites excluding steroid dienone is 1. The molecule has 140 valence electrons. The second-order valence-electron chi connectivity index (χ2n) is 7.34. The van der Waals surface area contributed by atoms with Gasteiger partial charge in [-0.25, -0.2) is 10.0 Å². The molecule has 1 unspecified atom stereocenters. The standard InChI is InChI=1S/C23H23N4O/c1-28-23-10-8-18(9-11-23)19-4-2-7-21(14-19)26(20-5-3-6-20)27-13-12-24-15-22(27)16-25-17-27/h2,4,7-17,20H,3,5-6H2,1H3/q+1. The van der Waals surface area contributed by atoms with Gasteiger partial charge in [-0.1, -0.05) is 24.3 Å². The Morgan fingerprint density at radius 3 is 2.64 bits per heavy atom. The Hall–Kier alpha value is -3.18. The number of benzene rings is 2. The molecule has 1 atom stereocenters. The summed E-state index contributed by atoms with van der Waals surface area (Å²) >= 11 is 0. The summed E-state index contributed by atoms with van der Waals surface area (Å²) in [7, 11) is 1.69. The number of aliphatic imine (C=N–C) groups is 2. The first kappa shape index (κ1) is 17.0. The lowest BCUT2D eigenvalue weighted by molar-refractivity contribution is -0.746. The second-order valence-corrected chi connectivity index (χ2v) is 7.34. The maximum absolute atomic E-state index is 5.30. The average molecular weight is 371 g/mol. The van der Waals surface area contributed by atoms with E-state index in [2.05, 4.69) is 57.6 Å². The van der Waals surface area contributed by atoms with Gasteiger partial charge >= 0.3 is 0 Å². The Kier molecular flexibility index (Phi) is 4.10. The highest BCUT2D eigenvalue weighted by Gasteiger charge is 2.46. The van der Waals surface area contributed by atoms with Crippen LogP contribution < -0.4 is 9.75 Å². The fourth-order valence-corrected chi connectivity index (χ4v) is 4.05. The summed E-state index contributed by atoms with van der Waals surface area (Å²) < 4.78 is 5.78. The molecular formula is C23H23N4O+. The fraction of sp³-hybridized carbons (Fsp3) is 0.217. The number of anilines is 1. The molecule has 0 radical (unpaired) electrons. The SMILES string of the molecule is COc1ccc(-c2cccc(N(C3CCC3)[N+]34C=CN=CC3=CN=C4)c2)cc1. The van der Waals surface area contributed by atoms with Crippen LogP contribution in [0.2, 0.25) is 0 Å². The van der Waals surface area contributed by atoms with Gasteiger partial charge in [-0.05, 0) is 54.7 Å². The summed E-state index contributed by atoms with van der Waals surface area (Å²) in [4.78, 5) is 8.79. The molecule has 0 amide bonds. The largest absolute Gasteiger partial charge is 0.497 e. The van der Waals surface area contributed by atoms with Crippen molar-refractivity contribution in [2.45, 2.75) is 25.3 Å². The van der Waals surface area contributed by atoms with Gasteiger partial charge in [0.05, 0.1) is 37.5 Å². The predicted octanol–water partition coefficient (Wildman–Crippen LogP) is 4.89. The van der Waals surface area contributed by atoms with Gasteiger partial charge in [0.2, 0.25) is 12.0 Å². The number of methoxy groups -OCH3 is 1. The number of rotatable bonds is 5. The first-order valence-electron chi connectivity index (χ1n) is 9.69. The summed E-state index contributed by atoms with van der Waals surface area (Å²) in [5.74, 6) is 0.870. The quantitative estimate of drug-likeness (QED) is 0.702. The van der Waals surface area contributed by atoms with Crippen molar-refractivity contribution in [1.29, 1.82) is 0 Å². The maximum Gasteiger partial charge on any atom is 0.225 e. The lowest BCUT2D eigenvalue weighted by Gasteiger charge is -2.46. The Bertz CT molecular complexity index is 1000. The molecule has 5 rings (SSSR count). The van der Waals surface area contributed by atoms with Gasteiger partial charge in [0, 0.05) is 0 Å². The van der Waals surface area contributed by atoms with Crippen LogP contribution in [-0.4, -0.2) is 30.3 Å². The number of ether oxygens (including phenoxy) is 1. The molecule has 5 heteroatoms. The number of quaternary nitrogens is 1. The van der Waals surface area contributed by atoms with E-state index in [1.54, 1.807) is 7.11 Å². The summed E-state index contributed by atoms with van der Waals surface area (Å²) in [5, 5.41) is 2.47. The van der Waals surface area contributed by atoms with Crippen molar-refractivity contribution in [3.05, 3.63) is 72.8 Å². The molecule has 1 saturated carbocycles. The lowest BCUT2D eigenvalue weighted by atomic mass is 9.91. The highest BCUT2D eigenvalue weighted by molar-refractivity contribution is 5.82. The first-order chi connectivity index (χ1) is 13.8. The summed E-state index contributed by atoms with van der Waals surface area (Å²) in [6.45, 7) is 0. The Morgan fingerprint density at radius 2 is 1.89 bits per heavy atom. The molecule has 0 spiro atoms. The molecule has 5 nitrogen and oxygen atoms in total. The van der Waals surface area contributed by atoms with Crippen molar-refractivity contribution in [2.75, 3.05) is 12.1 Å². The van der Waals surface area contributed by atoms with Crippen molar-refractivity contribution >= 4 is 18.2 Å². The molecule has 0 bridgehead atoms. The molecule has 3 aliphatic rings. The van der Waals surface area contributed by atoms with Gasteiger partial charge in [0.15, 0.2) is 6.20 Å². The third-order valence-corrected chi connectivity index (χ3v) is 5.76. The normalized spacial score (nSPS) is 22.5. The molecule has 28 heavy (non-hydrogen) atoms. The van der Waals surface area contributed by atoms with E-state index in [1.807, 2.05) is 37.1 Å². The van der Waals surface area contributed by atoms with Crippen LogP contribution in [0.1, 0.15) is 19.3 Å². The van der Waals surface area contributed by atoms with Gasteiger partial charge in [-0.15, -0.1) is 4.59 Å². The smallest absolute Gasteiger partial charge is 0.225 e. The molecule has 2 aromatic rings. The van der Waals surface area contributed by atoms with E-state index in [0.717, 1.165) is 11.4 Å². The van der Waals surface area contributed by atoms with Crippen LogP contribution in [0.25, 0.3) is 11.1 Å². The van der Waals surface area contributed by atoms with E-state index in [0.29, 0.717) is 10.6 Å². The zero-order chi connectivity index (χ0) is 19.0. The first-order valence-corrected chi connectivity index (χ1v) is 9.69. The van der Waals surface area contributed by atoms with Crippen molar-refractivity contribution in [1.82, 2.24) is 0 Å². The average Bonchev–Trinajstić information content (AvgIpc) is 3.15. The predicted molar refractivity (Wildman–Crippen MR) is 113 cm³/mol. The molecule has 2 aliphatic heterocycles. The van der Waals surface area contributed by atoms with Crippen molar-refractivity contribution in [2.24, 2.45) is 9.98 Å². The molecule has 1 aliphatic carbocycles. The van der Waals surface area contributed by atoms with Gasteiger partial charge < -0.3 is 4.74 Å². The highest BCUT2D eigenvalue weighted by Crippen LogP contribution is 2.40. The summed E-state index contributed by atoms with van der Waals surface area (Å²) in [6, 6.07) is 17.5. The van der Waals surface area contributed by atoms with Crippen LogP contribution in [0.4, 0.5) is 5.69 Å². The second kappa shape index (κ2) is 6.77. The fourth-order valence-electron chi connectivity index (χ4n) is 4.05. The topological polar surface area (TPSA) is 37.2 Å².